The first-order chi connectivity index (χ1) is 6.27. The number of pyridine rings is 1. The first-order valence-corrected chi connectivity index (χ1v) is 4.00. The molecule has 2 heterocycles. The van der Waals surface area contributed by atoms with Crippen LogP contribution < -0.4 is 0 Å². The third-order valence-corrected chi connectivity index (χ3v) is 1.91. The van der Waals surface area contributed by atoms with E-state index >= 15 is 0 Å². The van der Waals surface area contributed by atoms with E-state index in [0.29, 0.717) is 10.4 Å². The van der Waals surface area contributed by atoms with E-state index in [1.165, 1.54) is 6.20 Å². The quantitative estimate of drug-likeness (QED) is 0.707. The van der Waals surface area contributed by atoms with Gasteiger partial charge in [0.2, 0.25) is 0 Å². The van der Waals surface area contributed by atoms with Crippen molar-refractivity contribution in [2.45, 2.75) is 0 Å². The zero-order valence-corrected chi connectivity index (χ0v) is 7.31. The molecule has 0 saturated heterocycles. The normalized spacial score (nSPS) is 10.2. The topological polar surface area (TPSA) is 50.9 Å². The lowest BCUT2D eigenvalue weighted by atomic mass is 10.2. The van der Waals surface area contributed by atoms with Gasteiger partial charge in [0.15, 0.2) is 5.15 Å². The molecule has 0 fully saturated rings. The maximum absolute atomic E-state index is 9.00. The van der Waals surface area contributed by atoms with Crippen LogP contribution in [0.1, 0.15) is 0 Å². The second-order valence-electron chi connectivity index (χ2n) is 2.50. The molecule has 0 unspecified atom stereocenters. The van der Waals surface area contributed by atoms with Crippen molar-refractivity contribution in [1.29, 1.82) is 0 Å². The fourth-order valence-corrected chi connectivity index (χ4v) is 1.29. The third-order valence-electron chi connectivity index (χ3n) is 1.63. The average molecular weight is 196 g/mol. The van der Waals surface area contributed by atoms with Crippen LogP contribution in [0.5, 0.6) is 0 Å². The van der Waals surface area contributed by atoms with Crippen molar-refractivity contribution in [1.82, 2.24) is 14.9 Å². The zero-order chi connectivity index (χ0) is 9.26. The Hall–Kier alpha value is -1.55. The molecule has 0 aliphatic heterocycles. The van der Waals surface area contributed by atoms with Crippen LogP contribution >= 0.6 is 11.6 Å². The van der Waals surface area contributed by atoms with Crippen molar-refractivity contribution in [3.63, 3.8) is 0 Å². The lowest BCUT2D eigenvalue weighted by Crippen LogP contribution is -1.87. The number of nitrogens with zero attached hydrogens (tertiary/aromatic N) is 3. The van der Waals surface area contributed by atoms with Gasteiger partial charge >= 0.3 is 0 Å². The summed E-state index contributed by atoms with van der Waals surface area (Å²) in [5, 5.41) is 12.9. The molecule has 0 aliphatic rings. The Balaban J connectivity index is 2.53. The van der Waals surface area contributed by atoms with Crippen LogP contribution in [-0.4, -0.2) is 20.1 Å². The summed E-state index contributed by atoms with van der Waals surface area (Å²) in [6, 6.07) is 3.64. The molecule has 0 aliphatic carbocycles. The maximum Gasteiger partial charge on any atom is 0.162 e. The number of hydrogen-bond acceptors (Lipinski definition) is 3. The number of rotatable bonds is 1. The fraction of sp³-hybridized carbons (Fsp3) is 0. The lowest BCUT2D eigenvalue weighted by Gasteiger charge is -1.93. The Morgan fingerprint density at radius 3 is 2.85 bits per heavy atom. The van der Waals surface area contributed by atoms with Gasteiger partial charge in [0.1, 0.15) is 0 Å². The predicted octanol–water partition coefficient (Wildman–Crippen LogP) is 1.84. The summed E-state index contributed by atoms with van der Waals surface area (Å²) in [5.74, 6) is 0. The number of halogens is 1. The SMILES string of the molecule is On1cc(-c2cccnc2)c(Cl)n1. The van der Waals surface area contributed by atoms with E-state index in [0.717, 1.165) is 5.56 Å². The molecule has 13 heavy (non-hydrogen) atoms. The number of aromatic nitrogens is 3. The Morgan fingerprint density at radius 2 is 2.31 bits per heavy atom. The summed E-state index contributed by atoms with van der Waals surface area (Å²) < 4.78 is 0. The van der Waals surface area contributed by atoms with E-state index in [9.17, 15) is 0 Å². The Labute approximate surface area is 79.4 Å². The Morgan fingerprint density at radius 1 is 1.46 bits per heavy atom. The highest BCUT2D eigenvalue weighted by Crippen LogP contribution is 2.24. The molecule has 0 aromatic carbocycles. The van der Waals surface area contributed by atoms with Gasteiger partial charge in [-0.3, -0.25) is 4.98 Å². The van der Waals surface area contributed by atoms with E-state index in [4.69, 9.17) is 16.8 Å². The van der Waals surface area contributed by atoms with E-state index < -0.39 is 0 Å². The molecule has 4 nitrogen and oxygen atoms in total. The molecule has 1 N–H and O–H groups in total. The van der Waals surface area contributed by atoms with Crippen molar-refractivity contribution >= 4 is 11.6 Å². The minimum Gasteiger partial charge on any atom is -0.412 e. The minimum atomic E-state index is 0.260. The van der Waals surface area contributed by atoms with Crippen LogP contribution in [0.15, 0.2) is 30.7 Å². The average Bonchev–Trinajstić information content (AvgIpc) is 2.47. The van der Waals surface area contributed by atoms with Crippen LogP contribution in [0, 0.1) is 0 Å². The largest absolute Gasteiger partial charge is 0.412 e. The van der Waals surface area contributed by atoms with E-state index in [2.05, 4.69) is 10.1 Å². The van der Waals surface area contributed by atoms with Gasteiger partial charge in [0.25, 0.3) is 0 Å². The molecule has 0 saturated carbocycles. The van der Waals surface area contributed by atoms with Crippen molar-refractivity contribution in [3.05, 3.63) is 35.9 Å². The van der Waals surface area contributed by atoms with Crippen molar-refractivity contribution in [2.75, 3.05) is 0 Å². The summed E-state index contributed by atoms with van der Waals surface area (Å²) in [5.41, 5.74) is 1.49. The molecule has 5 heteroatoms. The molecule has 66 valence electrons. The van der Waals surface area contributed by atoms with E-state index in [-0.39, 0.29) is 5.15 Å². The number of hydrogen-bond donors (Lipinski definition) is 1. The van der Waals surface area contributed by atoms with Crippen LogP contribution in [0.4, 0.5) is 0 Å². The minimum absolute atomic E-state index is 0.260. The summed E-state index contributed by atoms with van der Waals surface area (Å²) in [7, 11) is 0. The first kappa shape index (κ1) is 8.07. The molecule has 2 aromatic heterocycles. The monoisotopic (exact) mass is 195 g/mol. The zero-order valence-electron chi connectivity index (χ0n) is 6.55. The Kier molecular flexibility index (Phi) is 1.90. The molecule has 0 atom stereocenters. The van der Waals surface area contributed by atoms with Gasteiger partial charge in [-0.25, -0.2) is 0 Å². The standard InChI is InChI=1S/C8H6ClN3O/c9-8-7(5-12(13)11-8)6-2-1-3-10-4-6/h1-5,13H. The summed E-state index contributed by atoms with van der Waals surface area (Å²) >= 11 is 5.76. The first-order valence-electron chi connectivity index (χ1n) is 3.62. The van der Waals surface area contributed by atoms with Crippen LogP contribution in [-0.2, 0) is 0 Å². The molecule has 0 radical (unpaired) electrons. The summed E-state index contributed by atoms with van der Waals surface area (Å²) in [6.07, 6.45) is 4.75. The van der Waals surface area contributed by atoms with Crippen LogP contribution in [0.25, 0.3) is 11.1 Å². The predicted molar refractivity (Wildman–Crippen MR) is 47.7 cm³/mol. The van der Waals surface area contributed by atoms with Gasteiger partial charge in [-0.1, -0.05) is 17.7 Å². The van der Waals surface area contributed by atoms with Crippen molar-refractivity contribution < 1.29 is 5.21 Å². The van der Waals surface area contributed by atoms with Crippen LogP contribution in [0.2, 0.25) is 5.15 Å². The summed E-state index contributed by atoms with van der Waals surface area (Å²) in [6.45, 7) is 0. The highest BCUT2D eigenvalue weighted by atomic mass is 35.5. The molecular weight excluding hydrogens is 190 g/mol. The van der Waals surface area contributed by atoms with Crippen molar-refractivity contribution in [2.24, 2.45) is 0 Å². The van der Waals surface area contributed by atoms with Gasteiger partial charge in [-0.05, 0) is 6.07 Å². The summed E-state index contributed by atoms with van der Waals surface area (Å²) in [4.78, 5) is 4.62. The van der Waals surface area contributed by atoms with E-state index in [1.54, 1.807) is 18.5 Å². The molecule has 2 rings (SSSR count). The molecule has 0 bridgehead atoms. The molecule has 0 spiro atoms. The van der Waals surface area contributed by atoms with Crippen molar-refractivity contribution in [3.8, 4) is 11.1 Å². The van der Waals surface area contributed by atoms with Gasteiger partial charge < -0.3 is 5.21 Å². The van der Waals surface area contributed by atoms with Crippen LogP contribution in [0.3, 0.4) is 0 Å². The molecule has 2 aromatic rings. The highest BCUT2D eigenvalue weighted by molar-refractivity contribution is 6.32. The second-order valence-corrected chi connectivity index (χ2v) is 2.85. The highest BCUT2D eigenvalue weighted by Gasteiger charge is 2.07. The maximum atomic E-state index is 9.00. The van der Waals surface area contributed by atoms with Gasteiger partial charge in [-0.2, -0.15) is 0 Å². The smallest absolute Gasteiger partial charge is 0.162 e. The van der Waals surface area contributed by atoms with Gasteiger partial charge in [-0.15, -0.1) is 9.94 Å². The van der Waals surface area contributed by atoms with E-state index in [1.807, 2.05) is 6.07 Å². The van der Waals surface area contributed by atoms with Gasteiger partial charge in [0.05, 0.1) is 6.20 Å². The Bertz CT molecular complexity index is 413. The third kappa shape index (κ3) is 1.48. The molecule has 0 amide bonds. The lowest BCUT2D eigenvalue weighted by molar-refractivity contribution is 0.149. The fourth-order valence-electron chi connectivity index (χ4n) is 1.06. The molecular formula is C8H6ClN3O. The second kappa shape index (κ2) is 3.06. The van der Waals surface area contributed by atoms with Gasteiger partial charge in [0, 0.05) is 23.5 Å².